The fourth-order valence-electron chi connectivity index (χ4n) is 4.00. The van der Waals surface area contributed by atoms with Crippen LogP contribution in [0.5, 0.6) is 5.75 Å². The number of nitrogens with one attached hydrogen (secondary N) is 1. The summed E-state index contributed by atoms with van der Waals surface area (Å²) < 4.78 is 65.0. The molecule has 4 N–H and O–H groups in total. The second kappa shape index (κ2) is 13.2. The minimum absolute atomic E-state index is 0.0166. The molecular formula is C24H35NO8S2. The molecular weight excluding hydrogens is 494 g/mol. The minimum Gasteiger partial charge on any atom is -0.507 e. The normalized spacial score (nSPS) is 12.2. The van der Waals surface area contributed by atoms with Crippen molar-refractivity contribution < 1.29 is 35.8 Å². The first-order valence-electron chi connectivity index (χ1n) is 12.0. The summed E-state index contributed by atoms with van der Waals surface area (Å²) in [7, 11) is -9.39. The van der Waals surface area contributed by atoms with Crippen LogP contribution in [0.1, 0.15) is 84.0 Å². The number of fused-ring (bicyclic) bond motifs is 1. The summed E-state index contributed by atoms with van der Waals surface area (Å²) in [5.41, 5.74) is -0.0948. The van der Waals surface area contributed by atoms with Crippen LogP contribution in [0.15, 0.2) is 34.1 Å². The number of hydrogen-bond acceptors (Lipinski definition) is 6. The van der Waals surface area contributed by atoms with Gasteiger partial charge in [-0.05, 0) is 30.0 Å². The second-order valence-electron chi connectivity index (χ2n) is 8.80. The summed E-state index contributed by atoms with van der Waals surface area (Å²) in [5, 5.41) is 12.8. The van der Waals surface area contributed by atoms with Crippen LogP contribution >= 0.6 is 0 Å². The number of anilines is 1. The van der Waals surface area contributed by atoms with Crippen molar-refractivity contribution in [1.29, 1.82) is 0 Å². The van der Waals surface area contributed by atoms with Crippen molar-refractivity contribution in [2.24, 2.45) is 0 Å². The van der Waals surface area contributed by atoms with Crippen molar-refractivity contribution in [1.82, 2.24) is 0 Å². The third kappa shape index (κ3) is 9.40. The number of carbonyl (C=O) groups excluding carboxylic acids is 1. The number of rotatable bonds is 15. The summed E-state index contributed by atoms with van der Waals surface area (Å²) in [5.74, 6) is -0.991. The molecule has 0 saturated carbocycles. The van der Waals surface area contributed by atoms with E-state index in [1.807, 2.05) is 0 Å². The number of benzene rings is 2. The van der Waals surface area contributed by atoms with Crippen LogP contribution in [0.2, 0.25) is 0 Å². The lowest BCUT2D eigenvalue weighted by Crippen LogP contribution is -2.12. The monoisotopic (exact) mass is 529 g/mol. The van der Waals surface area contributed by atoms with E-state index >= 15 is 0 Å². The lowest BCUT2D eigenvalue weighted by Gasteiger charge is -2.13. The molecule has 2 rings (SSSR count). The van der Waals surface area contributed by atoms with Gasteiger partial charge in [0.25, 0.3) is 20.2 Å². The second-order valence-corrected chi connectivity index (χ2v) is 11.6. The van der Waals surface area contributed by atoms with Crippen molar-refractivity contribution in [3.63, 3.8) is 0 Å². The van der Waals surface area contributed by atoms with E-state index in [-0.39, 0.29) is 22.9 Å². The Kier molecular flexibility index (Phi) is 10.9. The molecule has 0 aromatic heterocycles. The maximum atomic E-state index is 12.5. The van der Waals surface area contributed by atoms with Crippen molar-refractivity contribution in [3.8, 4) is 5.75 Å². The van der Waals surface area contributed by atoms with E-state index in [0.29, 0.717) is 6.42 Å². The average molecular weight is 530 g/mol. The van der Waals surface area contributed by atoms with Gasteiger partial charge in [0.1, 0.15) is 5.75 Å². The fraction of sp³-hybridized carbons (Fsp3) is 0.542. The molecule has 2 aromatic rings. The van der Waals surface area contributed by atoms with Gasteiger partial charge in [-0.3, -0.25) is 13.9 Å². The van der Waals surface area contributed by atoms with Crippen LogP contribution in [0.25, 0.3) is 10.8 Å². The first kappa shape index (κ1) is 29.0. The Morgan fingerprint density at radius 2 is 1.20 bits per heavy atom. The van der Waals surface area contributed by atoms with Gasteiger partial charge in [-0.1, -0.05) is 71.1 Å². The quantitative estimate of drug-likeness (QED) is 0.169. The molecule has 0 spiro atoms. The fourth-order valence-corrected chi connectivity index (χ4v) is 5.08. The number of phenolic OH excluding ortho intramolecular Hbond substituents is 1. The van der Waals surface area contributed by atoms with Crippen molar-refractivity contribution >= 4 is 42.6 Å². The first-order chi connectivity index (χ1) is 16.4. The van der Waals surface area contributed by atoms with Gasteiger partial charge < -0.3 is 10.4 Å². The molecule has 0 aliphatic heterocycles. The van der Waals surface area contributed by atoms with E-state index in [1.54, 1.807) is 0 Å². The van der Waals surface area contributed by atoms with Crippen LogP contribution in [-0.2, 0) is 25.0 Å². The molecule has 9 nitrogen and oxygen atoms in total. The predicted octanol–water partition coefficient (Wildman–Crippen LogP) is 5.68. The number of amides is 1. The molecule has 0 aliphatic rings. The molecule has 35 heavy (non-hydrogen) atoms. The van der Waals surface area contributed by atoms with Gasteiger partial charge in [0.05, 0.1) is 15.5 Å². The number of carbonyl (C=O) groups is 1. The zero-order chi connectivity index (χ0) is 26.1. The van der Waals surface area contributed by atoms with Gasteiger partial charge in [-0.25, -0.2) is 0 Å². The Hall–Kier alpha value is -2.21. The number of phenols is 1. The summed E-state index contributed by atoms with van der Waals surface area (Å²) in [6, 6.07) is 3.67. The summed E-state index contributed by atoms with van der Waals surface area (Å²) in [4.78, 5) is 11.2. The zero-order valence-corrected chi connectivity index (χ0v) is 21.6. The minimum atomic E-state index is -4.70. The Labute approximate surface area is 207 Å². The largest absolute Gasteiger partial charge is 0.507 e. The molecule has 0 fully saturated rings. The molecule has 0 radical (unpaired) electrons. The predicted molar refractivity (Wildman–Crippen MR) is 135 cm³/mol. The van der Waals surface area contributed by atoms with E-state index < -0.39 is 41.7 Å². The van der Waals surface area contributed by atoms with Gasteiger partial charge in [0, 0.05) is 17.9 Å². The smallest absolute Gasteiger partial charge is 0.294 e. The number of hydrogen-bond donors (Lipinski definition) is 4. The van der Waals surface area contributed by atoms with E-state index in [1.165, 1.54) is 44.9 Å². The Bertz CT molecular complexity index is 1220. The molecule has 1 amide bonds. The maximum Gasteiger partial charge on any atom is 0.294 e. The third-order valence-electron chi connectivity index (χ3n) is 5.85. The highest BCUT2D eigenvalue weighted by molar-refractivity contribution is 7.86. The van der Waals surface area contributed by atoms with E-state index in [4.69, 9.17) is 0 Å². The summed E-state index contributed by atoms with van der Waals surface area (Å²) >= 11 is 0. The summed E-state index contributed by atoms with van der Waals surface area (Å²) in [6.45, 7) is 2.20. The van der Waals surface area contributed by atoms with Crippen LogP contribution in [0, 0.1) is 0 Å². The van der Waals surface area contributed by atoms with Crippen LogP contribution < -0.4 is 5.32 Å². The maximum absolute atomic E-state index is 12.5. The van der Waals surface area contributed by atoms with Crippen LogP contribution in [0.4, 0.5) is 5.69 Å². The molecule has 0 aliphatic carbocycles. The summed E-state index contributed by atoms with van der Waals surface area (Å²) in [6.07, 6.45) is 12.6. The molecule has 2 aromatic carbocycles. The van der Waals surface area contributed by atoms with Crippen molar-refractivity contribution in [2.75, 3.05) is 5.32 Å². The van der Waals surface area contributed by atoms with E-state index in [9.17, 15) is 35.8 Å². The highest BCUT2D eigenvalue weighted by Gasteiger charge is 2.20. The van der Waals surface area contributed by atoms with Gasteiger partial charge in [-0.15, -0.1) is 0 Å². The van der Waals surface area contributed by atoms with Crippen molar-refractivity contribution in [3.05, 3.63) is 24.3 Å². The van der Waals surface area contributed by atoms with Gasteiger partial charge in [0.2, 0.25) is 5.91 Å². The SMILES string of the molecule is CCCCCCCCCCCCCC(=O)Nc1cc(S(=O)(=O)O)cc2cc(S(=O)(=O)O)cc(O)c12. The highest BCUT2D eigenvalue weighted by atomic mass is 32.2. The lowest BCUT2D eigenvalue weighted by molar-refractivity contribution is -0.116. The lowest BCUT2D eigenvalue weighted by atomic mass is 10.0. The Balaban J connectivity index is 1.99. The average Bonchev–Trinajstić information content (AvgIpc) is 2.75. The molecule has 0 unspecified atom stereocenters. The van der Waals surface area contributed by atoms with Crippen molar-refractivity contribution in [2.45, 2.75) is 93.8 Å². The van der Waals surface area contributed by atoms with Crippen LogP contribution in [-0.4, -0.2) is 37.0 Å². The highest BCUT2D eigenvalue weighted by Crippen LogP contribution is 2.36. The van der Waals surface area contributed by atoms with Gasteiger partial charge >= 0.3 is 0 Å². The number of aromatic hydroxyl groups is 1. The standard InChI is InChI=1S/C24H35NO8S2/c1-2-3-4-5-6-7-8-9-10-11-12-13-23(27)25-21-16-19(34(28,29)30)14-18-15-20(35(31,32)33)17-22(26)24(18)21/h14-17,26H,2-13H2,1H3,(H,25,27)(H,28,29,30)(H,31,32,33). The Morgan fingerprint density at radius 1 is 0.743 bits per heavy atom. The molecule has 0 heterocycles. The third-order valence-corrected chi connectivity index (χ3v) is 7.52. The molecule has 0 atom stereocenters. The molecule has 11 heteroatoms. The topological polar surface area (TPSA) is 158 Å². The molecule has 0 bridgehead atoms. The molecule has 196 valence electrons. The van der Waals surface area contributed by atoms with E-state index in [0.717, 1.165) is 43.5 Å². The van der Waals surface area contributed by atoms with Crippen LogP contribution in [0.3, 0.4) is 0 Å². The van der Waals surface area contributed by atoms with E-state index in [2.05, 4.69) is 12.2 Å². The van der Waals surface area contributed by atoms with Gasteiger partial charge in [0.15, 0.2) is 0 Å². The zero-order valence-electron chi connectivity index (χ0n) is 20.0. The Morgan fingerprint density at radius 3 is 1.69 bits per heavy atom. The number of unbranched alkanes of at least 4 members (excludes halogenated alkanes) is 10. The molecule has 0 saturated heterocycles. The van der Waals surface area contributed by atoms with Gasteiger partial charge in [-0.2, -0.15) is 16.8 Å². The first-order valence-corrected chi connectivity index (χ1v) is 14.9.